The highest BCUT2D eigenvalue weighted by Gasteiger charge is 2.19. The molecule has 20 heavy (non-hydrogen) atoms. The van der Waals surface area contributed by atoms with Crippen LogP contribution in [0.4, 0.5) is 5.69 Å². The van der Waals surface area contributed by atoms with Crippen molar-refractivity contribution in [2.75, 3.05) is 5.32 Å². The first kappa shape index (κ1) is 15.4. The average Bonchev–Trinajstić information content (AvgIpc) is 2.38. The number of aryl methyl sites for hydroxylation is 1. The number of carbonyl (C=O) groups excluding carboxylic acids is 1. The minimum atomic E-state index is -0.217. The maximum absolute atomic E-state index is 12.2. The largest absolute Gasteiger partial charge is 0.374 e. The van der Waals surface area contributed by atoms with Gasteiger partial charge in [0.05, 0.1) is 0 Å². The van der Waals surface area contributed by atoms with Crippen molar-refractivity contribution in [3.05, 3.63) is 28.2 Å². The van der Waals surface area contributed by atoms with Gasteiger partial charge in [-0.05, 0) is 50.5 Å². The van der Waals surface area contributed by atoms with Gasteiger partial charge in [0.2, 0.25) is 5.91 Å². The zero-order valence-corrected chi connectivity index (χ0v) is 13.8. The smallest absolute Gasteiger partial charge is 0.242 e. The summed E-state index contributed by atoms with van der Waals surface area (Å²) in [6, 6.07) is 6.25. The van der Waals surface area contributed by atoms with E-state index in [-0.39, 0.29) is 11.9 Å². The highest BCUT2D eigenvalue weighted by Crippen LogP contribution is 2.20. The lowest BCUT2D eigenvalue weighted by Crippen LogP contribution is -2.44. The molecule has 0 saturated heterocycles. The lowest BCUT2D eigenvalue weighted by molar-refractivity contribution is -0.122. The molecule has 1 aliphatic rings. The van der Waals surface area contributed by atoms with E-state index in [2.05, 4.69) is 38.7 Å². The number of nitrogens with one attached hydrogen (secondary N) is 2. The van der Waals surface area contributed by atoms with Gasteiger partial charge in [0.1, 0.15) is 6.04 Å². The van der Waals surface area contributed by atoms with Gasteiger partial charge in [-0.3, -0.25) is 4.79 Å². The quantitative estimate of drug-likeness (QED) is 0.870. The molecule has 0 bridgehead atoms. The van der Waals surface area contributed by atoms with Crippen LogP contribution >= 0.6 is 15.9 Å². The number of carbonyl (C=O) groups is 1. The molecule has 3 nitrogen and oxygen atoms in total. The molecular formula is C16H23BrN2O. The molecular weight excluding hydrogens is 316 g/mol. The minimum Gasteiger partial charge on any atom is -0.374 e. The first-order valence-electron chi connectivity index (χ1n) is 7.39. The summed E-state index contributed by atoms with van der Waals surface area (Å²) >= 11 is 3.48. The van der Waals surface area contributed by atoms with E-state index in [0.717, 1.165) is 23.0 Å². The fourth-order valence-electron chi connectivity index (χ4n) is 2.71. The van der Waals surface area contributed by atoms with E-state index < -0.39 is 0 Å². The van der Waals surface area contributed by atoms with Crippen LogP contribution in [-0.4, -0.2) is 18.0 Å². The summed E-state index contributed by atoms with van der Waals surface area (Å²) < 4.78 is 1.03. The van der Waals surface area contributed by atoms with Crippen LogP contribution < -0.4 is 10.6 Å². The molecule has 1 aromatic rings. The normalized spacial score (nSPS) is 17.6. The molecule has 0 aliphatic heterocycles. The molecule has 0 heterocycles. The van der Waals surface area contributed by atoms with E-state index in [9.17, 15) is 4.79 Å². The minimum absolute atomic E-state index is 0.0922. The standard InChI is InChI=1S/C16H23BrN2O/c1-11-8-13(17)10-15(9-11)18-12(2)16(20)19-14-6-4-3-5-7-14/h8-10,12,14,18H,3-7H2,1-2H3,(H,19,20). The molecule has 0 radical (unpaired) electrons. The van der Waals surface area contributed by atoms with Gasteiger partial charge in [0, 0.05) is 16.2 Å². The van der Waals surface area contributed by atoms with Crippen LogP contribution in [0.5, 0.6) is 0 Å². The Hall–Kier alpha value is -1.03. The van der Waals surface area contributed by atoms with E-state index >= 15 is 0 Å². The first-order chi connectivity index (χ1) is 9.54. The molecule has 2 N–H and O–H groups in total. The number of halogens is 1. The Bertz CT molecular complexity index is 449. The second-order valence-corrected chi connectivity index (χ2v) is 6.64. The van der Waals surface area contributed by atoms with Crippen molar-refractivity contribution in [2.45, 2.75) is 58.0 Å². The van der Waals surface area contributed by atoms with Gasteiger partial charge in [-0.15, -0.1) is 0 Å². The lowest BCUT2D eigenvalue weighted by atomic mass is 9.95. The summed E-state index contributed by atoms with van der Waals surface area (Å²) in [6.45, 7) is 3.96. The van der Waals surface area contributed by atoms with Crippen LogP contribution in [0.25, 0.3) is 0 Å². The van der Waals surface area contributed by atoms with E-state index in [1.165, 1.54) is 24.8 Å². The van der Waals surface area contributed by atoms with Crippen molar-refractivity contribution >= 4 is 27.5 Å². The Labute approximate surface area is 129 Å². The second kappa shape index (κ2) is 7.11. The van der Waals surface area contributed by atoms with Crippen LogP contribution in [0.3, 0.4) is 0 Å². The summed E-state index contributed by atoms with van der Waals surface area (Å²) in [6.07, 6.45) is 6.01. The molecule has 1 fully saturated rings. The van der Waals surface area contributed by atoms with Crippen LogP contribution in [0.1, 0.15) is 44.6 Å². The molecule has 1 unspecified atom stereocenters. The van der Waals surface area contributed by atoms with Crippen molar-refractivity contribution < 1.29 is 4.79 Å². The number of hydrogen-bond donors (Lipinski definition) is 2. The van der Waals surface area contributed by atoms with Crippen molar-refractivity contribution in [1.29, 1.82) is 0 Å². The Kier molecular flexibility index (Phi) is 5.46. The fourth-order valence-corrected chi connectivity index (χ4v) is 3.32. The molecule has 1 aromatic carbocycles. The maximum Gasteiger partial charge on any atom is 0.242 e. The molecule has 0 spiro atoms. The van der Waals surface area contributed by atoms with Gasteiger partial charge in [0.25, 0.3) is 0 Å². The van der Waals surface area contributed by atoms with Gasteiger partial charge < -0.3 is 10.6 Å². The molecule has 1 aliphatic carbocycles. The first-order valence-corrected chi connectivity index (χ1v) is 8.18. The van der Waals surface area contributed by atoms with Crippen LogP contribution in [0.2, 0.25) is 0 Å². The maximum atomic E-state index is 12.2. The predicted molar refractivity (Wildman–Crippen MR) is 87.0 cm³/mol. The summed E-state index contributed by atoms with van der Waals surface area (Å²) in [5, 5.41) is 6.43. The highest BCUT2D eigenvalue weighted by molar-refractivity contribution is 9.10. The van der Waals surface area contributed by atoms with E-state index in [1.807, 2.05) is 19.9 Å². The van der Waals surface area contributed by atoms with Gasteiger partial charge >= 0.3 is 0 Å². The van der Waals surface area contributed by atoms with Crippen molar-refractivity contribution in [2.24, 2.45) is 0 Å². The molecule has 2 rings (SSSR count). The average molecular weight is 339 g/mol. The Morgan fingerprint density at radius 1 is 1.25 bits per heavy atom. The van der Waals surface area contributed by atoms with Crippen LogP contribution in [0.15, 0.2) is 22.7 Å². The molecule has 4 heteroatoms. The molecule has 1 atom stereocenters. The van der Waals surface area contributed by atoms with Crippen LogP contribution in [-0.2, 0) is 4.79 Å². The highest BCUT2D eigenvalue weighted by atomic mass is 79.9. The van der Waals surface area contributed by atoms with E-state index in [4.69, 9.17) is 0 Å². The zero-order chi connectivity index (χ0) is 14.5. The summed E-state index contributed by atoms with van der Waals surface area (Å²) in [5.74, 6) is 0.0922. The van der Waals surface area contributed by atoms with Crippen molar-refractivity contribution in [3.8, 4) is 0 Å². The van der Waals surface area contributed by atoms with Crippen molar-refractivity contribution in [1.82, 2.24) is 5.32 Å². The Balaban J connectivity index is 1.89. The number of rotatable bonds is 4. The van der Waals surface area contributed by atoms with Gasteiger partial charge in [-0.1, -0.05) is 35.2 Å². The van der Waals surface area contributed by atoms with Gasteiger partial charge in [-0.25, -0.2) is 0 Å². The molecule has 0 aromatic heterocycles. The van der Waals surface area contributed by atoms with Gasteiger partial charge in [0.15, 0.2) is 0 Å². The SMILES string of the molecule is Cc1cc(Br)cc(NC(C)C(=O)NC2CCCCC2)c1. The molecule has 1 saturated carbocycles. The number of amides is 1. The number of benzene rings is 1. The van der Waals surface area contributed by atoms with Crippen LogP contribution in [0, 0.1) is 6.92 Å². The number of hydrogen-bond acceptors (Lipinski definition) is 2. The third-order valence-electron chi connectivity index (χ3n) is 3.77. The van der Waals surface area contributed by atoms with Crippen molar-refractivity contribution in [3.63, 3.8) is 0 Å². The Morgan fingerprint density at radius 2 is 1.95 bits per heavy atom. The van der Waals surface area contributed by atoms with E-state index in [0.29, 0.717) is 6.04 Å². The molecule has 110 valence electrons. The summed E-state index contributed by atoms with van der Waals surface area (Å²) in [7, 11) is 0. The predicted octanol–water partition coefficient (Wildman–Crippen LogP) is 4.01. The molecule has 1 amide bonds. The summed E-state index contributed by atoms with van der Waals surface area (Å²) in [4.78, 5) is 12.2. The fraction of sp³-hybridized carbons (Fsp3) is 0.562. The monoisotopic (exact) mass is 338 g/mol. The topological polar surface area (TPSA) is 41.1 Å². The van der Waals surface area contributed by atoms with Gasteiger partial charge in [-0.2, -0.15) is 0 Å². The lowest BCUT2D eigenvalue weighted by Gasteiger charge is -2.25. The Morgan fingerprint density at radius 3 is 2.60 bits per heavy atom. The number of anilines is 1. The van der Waals surface area contributed by atoms with E-state index in [1.54, 1.807) is 0 Å². The third-order valence-corrected chi connectivity index (χ3v) is 4.23. The second-order valence-electron chi connectivity index (χ2n) is 5.73. The zero-order valence-electron chi connectivity index (χ0n) is 12.2. The summed E-state index contributed by atoms with van der Waals surface area (Å²) in [5.41, 5.74) is 2.14. The third kappa shape index (κ3) is 4.51.